The lowest BCUT2D eigenvalue weighted by molar-refractivity contribution is 0.144. The molecule has 5 heteroatoms. The number of likely N-dealkylation sites (tertiary alicyclic amines) is 1. The number of amides is 1. The summed E-state index contributed by atoms with van der Waals surface area (Å²) < 4.78 is 13.7. The van der Waals surface area contributed by atoms with E-state index in [1.165, 1.54) is 4.90 Å². The first-order valence-corrected chi connectivity index (χ1v) is 5.39. The number of halogens is 1. The third-order valence-electron chi connectivity index (χ3n) is 3.49. The van der Waals surface area contributed by atoms with E-state index in [-0.39, 0.29) is 11.5 Å². The van der Waals surface area contributed by atoms with Gasteiger partial charge in [0.05, 0.1) is 0 Å². The molecule has 2 atom stereocenters. The quantitative estimate of drug-likeness (QED) is 0.701. The van der Waals surface area contributed by atoms with E-state index < -0.39 is 12.4 Å². The lowest BCUT2D eigenvalue weighted by Crippen LogP contribution is -2.42. The van der Waals surface area contributed by atoms with E-state index >= 15 is 0 Å². The smallest absolute Gasteiger partial charge is 0.407 e. The Balaban J connectivity index is 1.79. The van der Waals surface area contributed by atoms with E-state index in [0.29, 0.717) is 19.5 Å². The Morgan fingerprint density at radius 3 is 2.80 bits per heavy atom. The van der Waals surface area contributed by atoms with Crippen LogP contribution in [-0.4, -0.2) is 41.5 Å². The van der Waals surface area contributed by atoms with E-state index in [1.807, 2.05) is 6.92 Å². The molecule has 0 aromatic rings. The Hall–Kier alpha value is -0.840. The lowest BCUT2D eigenvalue weighted by atomic mass is 10.1. The van der Waals surface area contributed by atoms with Crippen LogP contribution < -0.4 is 5.32 Å². The Morgan fingerprint density at radius 2 is 2.33 bits per heavy atom. The molecule has 15 heavy (non-hydrogen) atoms. The Kier molecular flexibility index (Phi) is 2.58. The summed E-state index contributed by atoms with van der Waals surface area (Å²) in [7, 11) is 0. The largest absolute Gasteiger partial charge is 0.465 e. The number of rotatable bonds is 3. The number of carbonyl (C=O) groups is 1. The predicted octanol–water partition coefficient (Wildman–Crippen LogP) is 1.42. The van der Waals surface area contributed by atoms with Gasteiger partial charge in [-0.1, -0.05) is 6.92 Å². The molecule has 1 amide bonds. The normalized spacial score (nSPS) is 30.3. The summed E-state index contributed by atoms with van der Waals surface area (Å²) in [6.45, 7) is 2.84. The van der Waals surface area contributed by atoms with Gasteiger partial charge < -0.3 is 10.0 Å². The zero-order chi connectivity index (χ0) is 11.1. The van der Waals surface area contributed by atoms with E-state index in [1.54, 1.807) is 0 Å². The van der Waals surface area contributed by atoms with Gasteiger partial charge in [-0.05, 0) is 19.3 Å². The van der Waals surface area contributed by atoms with Crippen molar-refractivity contribution in [1.29, 1.82) is 0 Å². The standard InChI is InChI=1S/C10H17FN2O2/c1-10(3-4-10)8(11)12-7-2-5-13(6-7)9(14)15/h7-8,12H,2-6H2,1H3,(H,14,15)/t7-,8?/m0/s1. The van der Waals surface area contributed by atoms with Gasteiger partial charge in [0.2, 0.25) is 0 Å². The van der Waals surface area contributed by atoms with Crippen LogP contribution in [0, 0.1) is 5.41 Å². The molecule has 2 rings (SSSR count). The van der Waals surface area contributed by atoms with Crippen molar-refractivity contribution in [2.45, 2.75) is 38.5 Å². The highest BCUT2D eigenvalue weighted by molar-refractivity contribution is 5.65. The minimum absolute atomic E-state index is 0.0199. The van der Waals surface area contributed by atoms with Crippen molar-refractivity contribution < 1.29 is 14.3 Å². The Labute approximate surface area is 88.4 Å². The van der Waals surface area contributed by atoms with Gasteiger partial charge in [0.1, 0.15) is 0 Å². The second-order valence-electron chi connectivity index (χ2n) is 4.90. The van der Waals surface area contributed by atoms with Gasteiger partial charge in [0.25, 0.3) is 0 Å². The molecule has 2 fully saturated rings. The molecule has 2 N–H and O–H groups in total. The summed E-state index contributed by atoms with van der Waals surface area (Å²) in [6.07, 6.45) is 0.666. The third-order valence-corrected chi connectivity index (χ3v) is 3.49. The van der Waals surface area contributed by atoms with Gasteiger partial charge in [-0.25, -0.2) is 9.18 Å². The van der Waals surface area contributed by atoms with Gasteiger partial charge in [0.15, 0.2) is 6.30 Å². The van der Waals surface area contributed by atoms with Crippen LogP contribution in [0.2, 0.25) is 0 Å². The van der Waals surface area contributed by atoms with Gasteiger partial charge >= 0.3 is 6.09 Å². The fourth-order valence-electron chi connectivity index (χ4n) is 1.93. The van der Waals surface area contributed by atoms with Crippen molar-refractivity contribution in [2.75, 3.05) is 13.1 Å². The van der Waals surface area contributed by atoms with Crippen LogP contribution in [-0.2, 0) is 0 Å². The van der Waals surface area contributed by atoms with Crippen LogP contribution in [0.4, 0.5) is 9.18 Å². The molecule has 1 aliphatic carbocycles. The van der Waals surface area contributed by atoms with Crippen molar-refractivity contribution in [3.8, 4) is 0 Å². The molecule has 0 aromatic heterocycles. The summed E-state index contributed by atoms with van der Waals surface area (Å²) in [5.41, 5.74) is -0.198. The van der Waals surface area contributed by atoms with Crippen molar-refractivity contribution in [3.63, 3.8) is 0 Å². The van der Waals surface area contributed by atoms with Crippen LogP contribution in [0.3, 0.4) is 0 Å². The van der Waals surface area contributed by atoms with Crippen molar-refractivity contribution in [1.82, 2.24) is 10.2 Å². The van der Waals surface area contributed by atoms with Gasteiger partial charge in [0, 0.05) is 24.5 Å². The summed E-state index contributed by atoms with van der Waals surface area (Å²) in [5, 5.41) is 11.6. The van der Waals surface area contributed by atoms with Crippen molar-refractivity contribution in [2.24, 2.45) is 5.41 Å². The summed E-state index contributed by atoms with van der Waals surface area (Å²) in [4.78, 5) is 12.0. The maximum Gasteiger partial charge on any atom is 0.407 e. The highest BCUT2D eigenvalue weighted by Gasteiger charge is 2.46. The molecule has 1 heterocycles. The lowest BCUT2D eigenvalue weighted by Gasteiger charge is -2.21. The molecule has 0 bridgehead atoms. The highest BCUT2D eigenvalue weighted by atomic mass is 19.1. The van der Waals surface area contributed by atoms with Crippen LogP contribution >= 0.6 is 0 Å². The monoisotopic (exact) mass is 216 g/mol. The zero-order valence-corrected chi connectivity index (χ0v) is 8.87. The second kappa shape index (κ2) is 3.63. The summed E-state index contributed by atoms with van der Waals surface area (Å²) >= 11 is 0. The third kappa shape index (κ3) is 2.22. The van der Waals surface area contributed by atoms with Crippen LogP contribution in [0.15, 0.2) is 0 Å². The molecule has 0 spiro atoms. The molecule has 0 radical (unpaired) electrons. The topological polar surface area (TPSA) is 52.6 Å². The number of carboxylic acid groups (broad SMARTS) is 1. The Bertz CT molecular complexity index is 268. The SMILES string of the molecule is CC1(C(F)N[C@H]2CCN(C(=O)O)C2)CC1. The van der Waals surface area contributed by atoms with Gasteiger partial charge in [-0.2, -0.15) is 0 Å². The van der Waals surface area contributed by atoms with Crippen LogP contribution in [0.1, 0.15) is 26.2 Å². The van der Waals surface area contributed by atoms with E-state index in [4.69, 9.17) is 5.11 Å². The second-order valence-corrected chi connectivity index (χ2v) is 4.90. The molecule has 1 saturated carbocycles. The maximum atomic E-state index is 13.7. The molecular formula is C10H17FN2O2. The first-order valence-electron chi connectivity index (χ1n) is 5.39. The summed E-state index contributed by atoms with van der Waals surface area (Å²) in [5.74, 6) is 0. The zero-order valence-electron chi connectivity index (χ0n) is 8.87. The van der Waals surface area contributed by atoms with E-state index in [2.05, 4.69) is 5.32 Å². The first-order chi connectivity index (χ1) is 7.01. The number of alkyl halides is 1. The number of hydrogen-bond donors (Lipinski definition) is 2. The first kappa shape index (κ1) is 10.7. The van der Waals surface area contributed by atoms with Crippen LogP contribution in [0.5, 0.6) is 0 Å². The predicted molar refractivity (Wildman–Crippen MR) is 53.4 cm³/mol. The molecule has 2 aliphatic rings. The molecule has 1 aliphatic heterocycles. The fourth-order valence-corrected chi connectivity index (χ4v) is 1.93. The minimum atomic E-state index is -0.990. The highest BCUT2D eigenvalue weighted by Crippen LogP contribution is 2.48. The maximum absolute atomic E-state index is 13.7. The van der Waals surface area contributed by atoms with E-state index in [9.17, 15) is 9.18 Å². The van der Waals surface area contributed by atoms with E-state index in [0.717, 1.165) is 12.8 Å². The van der Waals surface area contributed by atoms with Crippen molar-refractivity contribution in [3.05, 3.63) is 0 Å². The number of hydrogen-bond acceptors (Lipinski definition) is 2. The molecule has 0 aromatic carbocycles. The average molecular weight is 216 g/mol. The van der Waals surface area contributed by atoms with Crippen molar-refractivity contribution >= 4 is 6.09 Å². The Morgan fingerprint density at radius 1 is 1.67 bits per heavy atom. The molecular weight excluding hydrogens is 199 g/mol. The van der Waals surface area contributed by atoms with Gasteiger partial charge in [-0.3, -0.25) is 5.32 Å². The number of nitrogens with one attached hydrogen (secondary N) is 1. The molecule has 4 nitrogen and oxygen atoms in total. The van der Waals surface area contributed by atoms with Gasteiger partial charge in [-0.15, -0.1) is 0 Å². The number of nitrogens with zero attached hydrogens (tertiary/aromatic N) is 1. The fraction of sp³-hybridized carbons (Fsp3) is 0.900. The minimum Gasteiger partial charge on any atom is -0.465 e. The molecule has 1 unspecified atom stereocenters. The molecule has 86 valence electrons. The van der Waals surface area contributed by atoms with Crippen LogP contribution in [0.25, 0.3) is 0 Å². The molecule has 1 saturated heterocycles. The summed E-state index contributed by atoms with van der Waals surface area (Å²) in [6, 6.07) is -0.0199. The average Bonchev–Trinajstić information content (AvgIpc) is 2.76.